The van der Waals surface area contributed by atoms with Crippen molar-refractivity contribution < 1.29 is 18.7 Å². The fourth-order valence-electron chi connectivity index (χ4n) is 4.16. The molecule has 204 valence electrons. The number of nitrogens with zero attached hydrogens (tertiary/aromatic N) is 2. The van der Waals surface area contributed by atoms with Crippen LogP contribution in [-0.2, 0) is 6.54 Å². The molecule has 1 aromatic heterocycles. The van der Waals surface area contributed by atoms with Gasteiger partial charge in [0.05, 0.1) is 25.6 Å². The topological polar surface area (TPSA) is 77.4 Å². The highest BCUT2D eigenvalue weighted by Crippen LogP contribution is 2.37. The van der Waals surface area contributed by atoms with E-state index in [2.05, 4.69) is 34.3 Å². The van der Waals surface area contributed by atoms with Crippen LogP contribution in [0.3, 0.4) is 0 Å². The summed E-state index contributed by atoms with van der Waals surface area (Å²) < 4.78 is 26.2. The third-order valence-corrected chi connectivity index (χ3v) is 7.21. The summed E-state index contributed by atoms with van der Waals surface area (Å²) in [5.41, 5.74) is 4.49. The van der Waals surface area contributed by atoms with Crippen molar-refractivity contribution in [1.29, 1.82) is 0 Å². The van der Waals surface area contributed by atoms with Gasteiger partial charge < -0.3 is 24.7 Å². The van der Waals surface area contributed by atoms with Crippen LogP contribution >= 0.6 is 11.8 Å². The fraction of sp³-hybridized carbons (Fsp3) is 0.267. The first kappa shape index (κ1) is 28.0. The lowest BCUT2D eigenvalue weighted by atomic mass is 10.0. The van der Waals surface area contributed by atoms with Gasteiger partial charge in [0, 0.05) is 35.7 Å². The van der Waals surface area contributed by atoms with E-state index in [1.807, 2.05) is 36.4 Å². The van der Waals surface area contributed by atoms with E-state index >= 15 is 0 Å². The van der Waals surface area contributed by atoms with Crippen molar-refractivity contribution in [1.82, 2.24) is 14.9 Å². The molecule has 2 amide bonds. The number of aromatic nitrogens is 2. The fourth-order valence-corrected chi connectivity index (χ4v) is 5.22. The van der Waals surface area contributed by atoms with Gasteiger partial charge in [0.1, 0.15) is 17.3 Å². The first-order valence-corrected chi connectivity index (χ1v) is 13.8. The van der Waals surface area contributed by atoms with Crippen LogP contribution in [0.5, 0.6) is 11.5 Å². The molecular formula is C30H33FN4O3S. The highest BCUT2D eigenvalue weighted by atomic mass is 32.2. The highest BCUT2D eigenvalue weighted by Gasteiger charge is 2.20. The Bertz CT molecular complexity index is 1370. The van der Waals surface area contributed by atoms with Gasteiger partial charge in [-0.25, -0.2) is 14.2 Å². The third kappa shape index (κ3) is 7.32. The quantitative estimate of drug-likeness (QED) is 0.146. The molecule has 0 fully saturated rings. The molecule has 0 aliphatic rings. The van der Waals surface area contributed by atoms with Crippen molar-refractivity contribution >= 4 is 23.5 Å². The van der Waals surface area contributed by atoms with Crippen LogP contribution in [0.4, 0.5) is 14.9 Å². The molecule has 0 aliphatic carbocycles. The van der Waals surface area contributed by atoms with E-state index in [0.717, 1.165) is 64.3 Å². The Balaban J connectivity index is 1.42. The van der Waals surface area contributed by atoms with Gasteiger partial charge in [0.2, 0.25) is 0 Å². The first-order valence-electron chi connectivity index (χ1n) is 12.8. The van der Waals surface area contributed by atoms with Crippen molar-refractivity contribution in [2.45, 2.75) is 31.5 Å². The molecule has 39 heavy (non-hydrogen) atoms. The minimum Gasteiger partial charge on any atom is -0.497 e. The lowest BCUT2D eigenvalue weighted by molar-refractivity contribution is 0.252. The smallest absolute Gasteiger partial charge is 0.319 e. The molecule has 0 saturated carbocycles. The van der Waals surface area contributed by atoms with E-state index in [-0.39, 0.29) is 11.8 Å². The molecule has 7 nitrogen and oxygen atoms in total. The number of ether oxygens (including phenoxy) is 2. The SMILES string of the molecule is CCn1c(SCCCCNC(=O)Nc2cccc(F)c2)nc(-c2ccc(OC)cc2)c1-c1ccc(OC)cc1. The molecule has 0 atom stereocenters. The number of nitrogens with one attached hydrogen (secondary N) is 2. The average molecular weight is 549 g/mol. The second-order valence-electron chi connectivity index (χ2n) is 8.74. The van der Waals surface area contributed by atoms with Crippen LogP contribution in [0.15, 0.2) is 78.0 Å². The normalized spacial score (nSPS) is 10.8. The Morgan fingerprint density at radius 3 is 2.23 bits per heavy atom. The minimum atomic E-state index is -0.388. The van der Waals surface area contributed by atoms with Crippen LogP contribution in [-0.4, -0.2) is 42.1 Å². The van der Waals surface area contributed by atoms with Crippen molar-refractivity contribution in [2.75, 3.05) is 31.8 Å². The number of rotatable bonds is 12. The predicted molar refractivity (Wildman–Crippen MR) is 155 cm³/mol. The average Bonchev–Trinajstić information content (AvgIpc) is 3.33. The molecule has 0 unspecified atom stereocenters. The maximum atomic E-state index is 13.3. The molecule has 0 radical (unpaired) electrons. The lowest BCUT2D eigenvalue weighted by Crippen LogP contribution is -2.29. The summed E-state index contributed by atoms with van der Waals surface area (Å²) in [7, 11) is 3.32. The molecule has 0 saturated heterocycles. The standard InChI is InChI=1S/C30H33FN4O3S/c1-4-35-28(22-12-16-26(38-3)17-13-22)27(21-10-14-25(37-2)15-11-21)34-30(35)39-19-6-5-18-32-29(36)33-24-9-7-8-23(31)20-24/h7-17,20H,4-6,18-19H2,1-3H3,(H2,32,33,36). The molecule has 1 heterocycles. The Kier molecular flexibility index (Phi) is 9.85. The van der Waals surface area contributed by atoms with Crippen LogP contribution in [0.1, 0.15) is 19.8 Å². The number of carbonyl (C=O) groups excluding carboxylic acids is 1. The zero-order valence-corrected chi connectivity index (χ0v) is 23.2. The van der Waals surface area contributed by atoms with Crippen molar-refractivity contribution in [3.8, 4) is 34.0 Å². The summed E-state index contributed by atoms with van der Waals surface area (Å²) in [5.74, 6) is 2.07. The number of imidazole rings is 1. The number of thioether (sulfide) groups is 1. The number of hydrogen-bond donors (Lipinski definition) is 2. The Morgan fingerprint density at radius 2 is 1.62 bits per heavy atom. The zero-order valence-electron chi connectivity index (χ0n) is 22.4. The van der Waals surface area contributed by atoms with Crippen LogP contribution in [0, 0.1) is 5.82 Å². The summed E-state index contributed by atoms with van der Waals surface area (Å²) >= 11 is 1.71. The van der Waals surface area contributed by atoms with Gasteiger partial charge in [-0.05, 0) is 86.5 Å². The van der Waals surface area contributed by atoms with E-state index in [1.54, 1.807) is 38.1 Å². The monoisotopic (exact) mass is 548 g/mol. The maximum absolute atomic E-state index is 13.3. The minimum absolute atomic E-state index is 0.344. The van der Waals surface area contributed by atoms with Gasteiger partial charge in [-0.15, -0.1) is 0 Å². The van der Waals surface area contributed by atoms with Gasteiger partial charge in [0.15, 0.2) is 5.16 Å². The largest absolute Gasteiger partial charge is 0.497 e. The highest BCUT2D eigenvalue weighted by molar-refractivity contribution is 7.99. The van der Waals surface area contributed by atoms with E-state index in [4.69, 9.17) is 14.5 Å². The second-order valence-corrected chi connectivity index (χ2v) is 9.80. The maximum Gasteiger partial charge on any atom is 0.319 e. The number of urea groups is 1. The van der Waals surface area contributed by atoms with Crippen LogP contribution < -0.4 is 20.1 Å². The molecule has 0 aliphatic heterocycles. The Hall–Kier alpha value is -3.98. The number of benzene rings is 3. The number of unbranched alkanes of at least 4 members (excludes halogenated alkanes) is 1. The number of halogens is 1. The van der Waals surface area contributed by atoms with Crippen LogP contribution in [0.25, 0.3) is 22.5 Å². The van der Waals surface area contributed by atoms with E-state index in [1.165, 1.54) is 12.1 Å². The van der Waals surface area contributed by atoms with Gasteiger partial charge in [-0.2, -0.15) is 0 Å². The predicted octanol–water partition coefficient (Wildman–Crippen LogP) is 7.09. The Labute approximate surface area is 232 Å². The van der Waals surface area contributed by atoms with E-state index < -0.39 is 0 Å². The molecule has 3 aromatic carbocycles. The zero-order chi connectivity index (χ0) is 27.6. The van der Waals surface area contributed by atoms with Crippen molar-refractivity contribution in [3.05, 3.63) is 78.6 Å². The van der Waals surface area contributed by atoms with Gasteiger partial charge >= 0.3 is 6.03 Å². The molecule has 9 heteroatoms. The summed E-state index contributed by atoms with van der Waals surface area (Å²) in [4.78, 5) is 17.1. The molecule has 0 bridgehead atoms. The molecule has 2 N–H and O–H groups in total. The molecule has 0 spiro atoms. The van der Waals surface area contributed by atoms with E-state index in [0.29, 0.717) is 12.2 Å². The summed E-state index contributed by atoms with van der Waals surface area (Å²) in [5, 5.41) is 6.42. The second kappa shape index (κ2) is 13.7. The summed E-state index contributed by atoms with van der Waals surface area (Å²) in [6.07, 6.45) is 1.71. The molecular weight excluding hydrogens is 515 g/mol. The first-order chi connectivity index (χ1) is 19.0. The van der Waals surface area contributed by atoms with Crippen molar-refractivity contribution in [3.63, 3.8) is 0 Å². The van der Waals surface area contributed by atoms with E-state index in [9.17, 15) is 9.18 Å². The summed E-state index contributed by atoms with van der Waals surface area (Å²) in [6.45, 7) is 3.42. The third-order valence-electron chi connectivity index (χ3n) is 6.15. The lowest BCUT2D eigenvalue weighted by Gasteiger charge is -2.12. The number of amides is 2. The van der Waals surface area contributed by atoms with Crippen LogP contribution in [0.2, 0.25) is 0 Å². The number of methoxy groups -OCH3 is 2. The van der Waals surface area contributed by atoms with Gasteiger partial charge in [-0.3, -0.25) is 0 Å². The Morgan fingerprint density at radius 1 is 0.949 bits per heavy atom. The van der Waals surface area contributed by atoms with Gasteiger partial charge in [-0.1, -0.05) is 17.8 Å². The number of hydrogen-bond acceptors (Lipinski definition) is 5. The molecule has 4 aromatic rings. The summed E-state index contributed by atoms with van der Waals surface area (Å²) in [6, 6.07) is 21.5. The van der Waals surface area contributed by atoms with Gasteiger partial charge in [0.25, 0.3) is 0 Å². The number of anilines is 1. The molecule has 4 rings (SSSR count). The van der Waals surface area contributed by atoms with Crippen molar-refractivity contribution in [2.24, 2.45) is 0 Å². The number of carbonyl (C=O) groups is 1.